The maximum absolute atomic E-state index is 12.9. The summed E-state index contributed by atoms with van der Waals surface area (Å²) in [5.41, 5.74) is -0.326. The van der Waals surface area contributed by atoms with E-state index in [1.54, 1.807) is 24.3 Å². The molecule has 0 radical (unpaired) electrons. The van der Waals surface area contributed by atoms with Gasteiger partial charge in [0.25, 0.3) is 5.56 Å². The molecule has 0 saturated heterocycles. The molecule has 0 fully saturated rings. The Morgan fingerprint density at radius 1 is 1.16 bits per heavy atom. The Morgan fingerprint density at radius 3 is 2.56 bits per heavy atom. The number of anilines is 1. The quantitative estimate of drug-likeness (QED) is 0.360. The number of halogens is 1. The smallest absolute Gasteiger partial charge is 0.270 e. The molecule has 9 nitrogen and oxygen atoms in total. The number of aromatic nitrogens is 2. The highest BCUT2D eigenvalue weighted by Gasteiger charge is 2.24. The predicted molar refractivity (Wildman–Crippen MR) is 121 cm³/mol. The van der Waals surface area contributed by atoms with E-state index in [2.05, 4.69) is 15.3 Å². The fraction of sp³-hybridized carbons (Fsp3) is 0.150. The Hall–Kier alpha value is -3.02. The van der Waals surface area contributed by atoms with Crippen molar-refractivity contribution in [1.82, 2.24) is 9.97 Å². The van der Waals surface area contributed by atoms with Crippen LogP contribution in [0.5, 0.6) is 11.5 Å². The number of H-pyrrole nitrogens is 1. The lowest BCUT2D eigenvalue weighted by molar-refractivity contribution is -0.113. The summed E-state index contributed by atoms with van der Waals surface area (Å²) in [5, 5.41) is 3.24. The Morgan fingerprint density at radius 2 is 1.91 bits per heavy atom. The molecule has 0 saturated carbocycles. The van der Waals surface area contributed by atoms with E-state index < -0.39 is 20.3 Å². The summed E-state index contributed by atoms with van der Waals surface area (Å²) in [4.78, 5) is 30.2. The summed E-state index contributed by atoms with van der Waals surface area (Å²) in [5.74, 6) is 0.149. The molecular weight excluding hydrogens is 478 g/mol. The number of carbonyl (C=O) groups is 1. The van der Waals surface area contributed by atoms with Gasteiger partial charge in [0.15, 0.2) is 21.6 Å². The summed E-state index contributed by atoms with van der Waals surface area (Å²) in [6, 6.07) is 10.6. The first-order valence-electron chi connectivity index (χ1n) is 8.99. The number of methoxy groups -OCH3 is 2. The molecule has 3 rings (SSSR count). The lowest BCUT2D eigenvalue weighted by atomic mass is 10.3. The van der Waals surface area contributed by atoms with Crippen LogP contribution in [0.25, 0.3) is 0 Å². The summed E-state index contributed by atoms with van der Waals surface area (Å²) in [6.45, 7) is 0. The van der Waals surface area contributed by atoms with Gasteiger partial charge in [-0.1, -0.05) is 29.4 Å². The molecule has 1 aromatic heterocycles. The molecule has 168 valence electrons. The normalized spacial score (nSPS) is 11.1. The maximum Gasteiger partial charge on any atom is 0.270 e. The van der Waals surface area contributed by atoms with Crippen LogP contribution in [-0.4, -0.2) is 44.3 Å². The Bertz CT molecular complexity index is 1310. The average molecular weight is 496 g/mol. The van der Waals surface area contributed by atoms with Crippen LogP contribution in [0.15, 0.2) is 68.4 Å². The van der Waals surface area contributed by atoms with Gasteiger partial charge < -0.3 is 19.8 Å². The molecule has 2 aromatic carbocycles. The van der Waals surface area contributed by atoms with Gasteiger partial charge in [0.2, 0.25) is 15.7 Å². The number of ether oxygens (including phenoxy) is 2. The fourth-order valence-corrected chi connectivity index (χ4v) is 4.71. The predicted octanol–water partition coefficient (Wildman–Crippen LogP) is 3.00. The number of nitrogens with one attached hydrogen (secondary N) is 2. The third kappa shape index (κ3) is 5.42. The fourth-order valence-electron chi connectivity index (χ4n) is 2.64. The zero-order chi connectivity index (χ0) is 23.3. The van der Waals surface area contributed by atoms with Crippen molar-refractivity contribution in [2.45, 2.75) is 14.9 Å². The summed E-state index contributed by atoms with van der Waals surface area (Å²) < 4.78 is 36.0. The van der Waals surface area contributed by atoms with Crippen molar-refractivity contribution in [3.63, 3.8) is 0 Å². The second kappa shape index (κ2) is 10.1. The highest BCUT2D eigenvalue weighted by Crippen LogP contribution is 2.31. The minimum atomic E-state index is -4.16. The van der Waals surface area contributed by atoms with Crippen LogP contribution in [-0.2, 0) is 14.6 Å². The van der Waals surface area contributed by atoms with Crippen LogP contribution < -0.4 is 20.3 Å². The molecular formula is C20H18ClN3O6S2. The summed E-state index contributed by atoms with van der Waals surface area (Å²) >= 11 is 6.83. The molecule has 3 aromatic rings. The molecule has 0 aliphatic carbocycles. The van der Waals surface area contributed by atoms with Crippen LogP contribution in [0.3, 0.4) is 0 Å². The van der Waals surface area contributed by atoms with Crippen LogP contribution in [0.2, 0.25) is 5.02 Å². The molecule has 32 heavy (non-hydrogen) atoms. The molecule has 0 atom stereocenters. The number of amides is 1. The van der Waals surface area contributed by atoms with Crippen LogP contribution in [0.4, 0.5) is 5.69 Å². The topological polar surface area (TPSA) is 127 Å². The SMILES string of the molecule is COc1ccc(S(=O)(=O)c2cnc(SCC(=O)Nc3cccc(Cl)c3)[nH]c2=O)cc1OC. The number of aromatic amines is 1. The molecule has 2 N–H and O–H groups in total. The highest BCUT2D eigenvalue weighted by atomic mass is 35.5. The van der Waals surface area contributed by atoms with Crippen molar-refractivity contribution in [3.05, 3.63) is 64.0 Å². The largest absolute Gasteiger partial charge is 0.493 e. The van der Waals surface area contributed by atoms with Gasteiger partial charge in [0.05, 0.1) is 31.1 Å². The first-order valence-corrected chi connectivity index (χ1v) is 11.8. The van der Waals surface area contributed by atoms with Gasteiger partial charge in [-0.2, -0.15) is 0 Å². The Kier molecular flexibility index (Phi) is 7.44. The van der Waals surface area contributed by atoms with Crippen molar-refractivity contribution in [2.24, 2.45) is 0 Å². The Labute approximate surface area is 193 Å². The lowest BCUT2D eigenvalue weighted by Gasteiger charge is -2.10. The van der Waals surface area contributed by atoms with Gasteiger partial charge in [-0.05, 0) is 30.3 Å². The highest BCUT2D eigenvalue weighted by molar-refractivity contribution is 7.99. The zero-order valence-electron chi connectivity index (χ0n) is 16.9. The van der Waals surface area contributed by atoms with E-state index >= 15 is 0 Å². The number of rotatable bonds is 8. The van der Waals surface area contributed by atoms with Gasteiger partial charge in [-0.15, -0.1) is 0 Å². The van der Waals surface area contributed by atoms with E-state index in [-0.39, 0.29) is 27.5 Å². The number of hydrogen-bond acceptors (Lipinski definition) is 8. The summed E-state index contributed by atoms with van der Waals surface area (Å²) in [7, 11) is -1.37. The molecule has 1 amide bonds. The summed E-state index contributed by atoms with van der Waals surface area (Å²) in [6.07, 6.45) is 0.960. The first-order chi connectivity index (χ1) is 15.2. The van der Waals surface area contributed by atoms with Crippen LogP contribution in [0, 0.1) is 0 Å². The van der Waals surface area contributed by atoms with E-state index in [1.807, 2.05) is 0 Å². The number of sulfone groups is 1. The number of nitrogens with zero attached hydrogens (tertiary/aromatic N) is 1. The zero-order valence-corrected chi connectivity index (χ0v) is 19.3. The van der Waals surface area contributed by atoms with Gasteiger partial charge >= 0.3 is 0 Å². The number of thioether (sulfide) groups is 1. The average Bonchev–Trinajstić information content (AvgIpc) is 2.77. The number of benzene rings is 2. The van der Waals surface area contributed by atoms with E-state index in [0.717, 1.165) is 18.0 Å². The monoisotopic (exact) mass is 495 g/mol. The standard InChI is InChI=1S/C20H18ClN3O6S2/c1-29-15-7-6-14(9-16(15)30-2)32(27,28)17-10-22-20(24-19(17)26)31-11-18(25)23-13-5-3-4-12(21)8-13/h3-10H,11H2,1-2H3,(H,23,25)(H,22,24,26). The maximum atomic E-state index is 12.9. The van der Waals surface area contributed by atoms with Gasteiger partial charge in [0.1, 0.15) is 0 Å². The minimum Gasteiger partial charge on any atom is -0.493 e. The van der Waals surface area contributed by atoms with Crippen LogP contribution >= 0.6 is 23.4 Å². The second-order valence-electron chi connectivity index (χ2n) is 6.25. The molecule has 12 heteroatoms. The van der Waals surface area contributed by atoms with E-state index in [4.69, 9.17) is 21.1 Å². The van der Waals surface area contributed by atoms with Crippen LogP contribution in [0.1, 0.15) is 0 Å². The lowest BCUT2D eigenvalue weighted by Crippen LogP contribution is -2.20. The minimum absolute atomic E-state index is 0.0583. The van der Waals surface area contributed by atoms with E-state index in [1.165, 1.54) is 32.4 Å². The third-order valence-corrected chi connectivity index (χ3v) is 7.01. The van der Waals surface area contributed by atoms with Crippen molar-refractivity contribution in [3.8, 4) is 11.5 Å². The number of hydrogen-bond donors (Lipinski definition) is 2. The van der Waals surface area contributed by atoms with Gasteiger partial charge in [0, 0.05) is 16.8 Å². The molecule has 0 aliphatic rings. The van der Waals surface area contributed by atoms with Crippen molar-refractivity contribution >= 4 is 44.8 Å². The first kappa shape index (κ1) is 23.6. The van der Waals surface area contributed by atoms with E-state index in [9.17, 15) is 18.0 Å². The second-order valence-corrected chi connectivity index (χ2v) is 9.57. The van der Waals surface area contributed by atoms with E-state index in [0.29, 0.717) is 16.5 Å². The number of carbonyl (C=O) groups excluding carboxylic acids is 1. The van der Waals surface area contributed by atoms with Crippen molar-refractivity contribution in [1.29, 1.82) is 0 Å². The molecule has 1 heterocycles. The van der Waals surface area contributed by atoms with Gasteiger partial charge in [-0.25, -0.2) is 13.4 Å². The van der Waals surface area contributed by atoms with Crippen molar-refractivity contribution < 1.29 is 22.7 Å². The third-order valence-electron chi connectivity index (χ3n) is 4.15. The van der Waals surface area contributed by atoms with Crippen molar-refractivity contribution in [2.75, 3.05) is 25.3 Å². The molecule has 0 unspecified atom stereocenters. The molecule has 0 aliphatic heterocycles. The Balaban J connectivity index is 1.74. The van der Waals surface area contributed by atoms with Gasteiger partial charge in [-0.3, -0.25) is 9.59 Å². The molecule has 0 bridgehead atoms. The molecule has 0 spiro atoms.